The summed E-state index contributed by atoms with van der Waals surface area (Å²) in [5.74, 6) is -0.403. The molecule has 11 heteroatoms. The SMILES string of the molecule is C[C@H]1CN(c2ccc(S(=O)(=O)Nc3nccs3)cc2)CCN1C(=O)[C@H](C)n1ccc2cccc(F)c21. The number of amides is 1. The van der Waals surface area contributed by atoms with Crippen LogP contribution in [0.2, 0.25) is 0 Å². The van der Waals surface area contributed by atoms with Crippen molar-refractivity contribution in [2.75, 3.05) is 29.3 Å². The van der Waals surface area contributed by atoms with Crippen molar-refractivity contribution in [2.45, 2.75) is 30.8 Å². The van der Waals surface area contributed by atoms with Crippen molar-refractivity contribution in [3.05, 3.63) is 72.1 Å². The molecule has 3 heterocycles. The van der Waals surface area contributed by atoms with Crippen molar-refractivity contribution in [3.8, 4) is 0 Å². The molecule has 0 saturated carbocycles. The van der Waals surface area contributed by atoms with Gasteiger partial charge in [0.2, 0.25) is 5.91 Å². The Hall–Kier alpha value is -3.44. The maximum atomic E-state index is 14.5. The van der Waals surface area contributed by atoms with Crippen LogP contribution < -0.4 is 9.62 Å². The van der Waals surface area contributed by atoms with E-state index in [1.54, 1.807) is 53.4 Å². The zero-order chi connectivity index (χ0) is 25.4. The van der Waals surface area contributed by atoms with Gasteiger partial charge in [0, 0.05) is 54.5 Å². The van der Waals surface area contributed by atoms with E-state index in [2.05, 4.69) is 14.6 Å². The van der Waals surface area contributed by atoms with Gasteiger partial charge in [-0.25, -0.2) is 17.8 Å². The Morgan fingerprint density at radius 2 is 1.94 bits per heavy atom. The summed E-state index contributed by atoms with van der Waals surface area (Å²) in [7, 11) is -3.71. The van der Waals surface area contributed by atoms with Crippen LogP contribution in [0, 0.1) is 5.82 Å². The Kier molecular flexibility index (Phi) is 6.44. The van der Waals surface area contributed by atoms with Crippen LogP contribution in [0.25, 0.3) is 10.9 Å². The first kappa shape index (κ1) is 24.3. The van der Waals surface area contributed by atoms with Gasteiger partial charge in [0.25, 0.3) is 10.0 Å². The maximum absolute atomic E-state index is 14.5. The quantitative estimate of drug-likeness (QED) is 0.403. The van der Waals surface area contributed by atoms with Crippen LogP contribution in [0.1, 0.15) is 19.9 Å². The monoisotopic (exact) mass is 527 g/mol. The number of anilines is 2. The molecule has 5 rings (SSSR count). The minimum absolute atomic E-state index is 0.0578. The maximum Gasteiger partial charge on any atom is 0.263 e. The Morgan fingerprint density at radius 1 is 1.17 bits per heavy atom. The lowest BCUT2D eigenvalue weighted by molar-refractivity contribution is -0.136. The Balaban J connectivity index is 1.26. The lowest BCUT2D eigenvalue weighted by atomic mass is 10.1. The average molecular weight is 528 g/mol. The molecular formula is C25H26FN5O3S2. The number of nitrogens with one attached hydrogen (secondary N) is 1. The van der Waals surface area contributed by atoms with Gasteiger partial charge in [-0.05, 0) is 50.2 Å². The largest absolute Gasteiger partial charge is 0.368 e. The molecule has 4 aromatic rings. The lowest BCUT2D eigenvalue weighted by Gasteiger charge is -2.42. The molecule has 2 aromatic carbocycles. The number of hydrogen-bond donors (Lipinski definition) is 1. The van der Waals surface area contributed by atoms with Crippen LogP contribution in [0.15, 0.2) is 71.2 Å². The predicted molar refractivity (Wildman–Crippen MR) is 139 cm³/mol. The van der Waals surface area contributed by atoms with Crippen molar-refractivity contribution in [1.82, 2.24) is 14.5 Å². The summed E-state index contributed by atoms with van der Waals surface area (Å²) in [6.07, 6.45) is 3.30. The molecule has 1 fully saturated rings. The number of carbonyl (C=O) groups excluding carboxylic acids is 1. The molecule has 188 valence electrons. The standard InChI is InChI=1S/C25H26FN5O3S2/c1-17-16-29(20-6-8-21(9-7-20)36(33,34)28-25-27-11-15-35-25)13-14-30(17)24(32)18(2)31-12-10-19-4-3-5-22(26)23(19)31/h3-12,15,17-18H,13-14,16H2,1-2H3,(H,27,28)/t17-,18-/m0/s1. The van der Waals surface area contributed by atoms with Gasteiger partial charge in [-0.3, -0.25) is 9.52 Å². The summed E-state index contributed by atoms with van der Waals surface area (Å²) in [5, 5.41) is 2.78. The highest BCUT2D eigenvalue weighted by Crippen LogP contribution is 2.27. The van der Waals surface area contributed by atoms with Gasteiger partial charge in [0.1, 0.15) is 11.9 Å². The van der Waals surface area contributed by atoms with Crippen LogP contribution in [-0.4, -0.2) is 54.5 Å². The summed E-state index contributed by atoms with van der Waals surface area (Å²) < 4.78 is 43.8. The number of piperazine rings is 1. The van der Waals surface area contributed by atoms with E-state index in [0.29, 0.717) is 30.3 Å². The first-order valence-corrected chi connectivity index (χ1v) is 13.9. The van der Waals surface area contributed by atoms with E-state index in [9.17, 15) is 17.6 Å². The first-order valence-electron chi connectivity index (χ1n) is 11.6. The molecule has 1 aliphatic heterocycles. The van der Waals surface area contributed by atoms with E-state index < -0.39 is 16.1 Å². The number of halogens is 1. The van der Waals surface area contributed by atoms with Crippen molar-refractivity contribution < 1.29 is 17.6 Å². The molecule has 1 saturated heterocycles. The van der Waals surface area contributed by atoms with Crippen molar-refractivity contribution in [3.63, 3.8) is 0 Å². The number of sulfonamides is 1. The van der Waals surface area contributed by atoms with E-state index in [1.165, 1.54) is 23.6 Å². The van der Waals surface area contributed by atoms with Gasteiger partial charge < -0.3 is 14.4 Å². The number of nitrogens with zero attached hydrogens (tertiary/aromatic N) is 4. The molecule has 0 unspecified atom stereocenters. The summed E-state index contributed by atoms with van der Waals surface area (Å²) in [4.78, 5) is 21.5. The number of aromatic nitrogens is 2. The van der Waals surface area contributed by atoms with Crippen LogP contribution in [0.3, 0.4) is 0 Å². The summed E-state index contributed by atoms with van der Waals surface area (Å²) in [5.41, 5.74) is 1.32. The molecule has 0 spiro atoms. The number of fused-ring (bicyclic) bond motifs is 1. The molecule has 0 aliphatic carbocycles. The normalized spacial score (nSPS) is 17.4. The third-order valence-electron chi connectivity index (χ3n) is 6.54. The van der Waals surface area contributed by atoms with Crippen LogP contribution >= 0.6 is 11.3 Å². The van der Waals surface area contributed by atoms with E-state index in [1.807, 2.05) is 24.0 Å². The van der Waals surface area contributed by atoms with Gasteiger partial charge in [0.15, 0.2) is 5.13 Å². The molecule has 2 aromatic heterocycles. The fourth-order valence-electron chi connectivity index (χ4n) is 4.66. The van der Waals surface area contributed by atoms with Crippen LogP contribution in [0.4, 0.5) is 15.2 Å². The molecule has 1 amide bonds. The Morgan fingerprint density at radius 3 is 2.64 bits per heavy atom. The second-order valence-electron chi connectivity index (χ2n) is 8.84. The second kappa shape index (κ2) is 9.55. The molecule has 1 N–H and O–H groups in total. The van der Waals surface area contributed by atoms with E-state index >= 15 is 0 Å². The van der Waals surface area contributed by atoms with Gasteiger partial charge in [-0.2, -0.15) is 0 Å². The molecule has 8 nitrogen and oxygen atoms in total. The zero-order valence-corrected chi connectivity index (χ0v) is 21.5. The van der Waals surface area contributed by atoms with Crippen LogP contribution in [0.5, 0.6) is 0 Å². The van der Waals surface area contributed by atoms with Gasteiger partial charge in [0.05, 0.1) is 10.4 Å². The Bertz CT molecular complexity index is 1490. The topological polar surface area (TPSA) is 87.5 Å². The highest BCUT2D eigenvalue weighted by atomic mass is 32.2. The molecule has 2 atom stereocenters. The molecular weight excluding hydrogens is 501 g/mol. The van der Waals surface area contributed by atoms with Crippen molar-refractivity contribution >= 4 is 49.0 Å². The number of para-hydroxylation sites is 1. The van der Waals surface area contributed by atoms with E-state index in [0.717, 1.165) is 11.1 Å². The average Bonchev–Trinajstić information content (AvgIpc) is 3.53. The zero-order valence-electron chi connectivity index (χ0n) is 19.8. The van der Waals surface area contributed by atoms with E-state index in [4.69, 9.17) is 0 Å². The fraction of sp³-hybridized carbons (Fsp3) is 0.280. The van der Waals surface area contributed by atoms with Crippen LogP contribution in [-0.2, 0) is 14.8 Å². The molecule has 0 radical (unpaired) electrons. The minimum Gasteiger partial charge on any atom is -0.368 e. The number of hydrogen-bond acceptors (Lipinski definition) is 6. The highest BCUT2D eigenvalue weighted by molar-refractivity contribution is 7.93. The van der Waals surface area contributed by atoms with Gasteiger partial charge >= 0.3 is 0 Å². The van der Waals surface area contributed by atoms with Crippen molar-refractivity contribution in [1.29, 1.82) is 0 Å². The summed E-state index contributed by atoms with van der Waals surface area (Å²) in [6.45, 7) is 5.50. The summed E-state index contributed by atoms with van der Waals surface area (Å²) in [6, 6.07) is 12.8. The molecule has 36 heavy (non-hydrogen) atoms. The first-order chi connectivity index (χ1) is 17.2. The fourth-order valence-corrected chi connectivity index (χ4v) is 6.45. The molecule has 0 bridgehead atoms. The van der Waals surface area contributed by atoms with Gasteiger partial charge in [-0.1, -0.05) is 12.1 Å². The number of carbonyl (C=O) groups is 1. The Labute approximate surface area is 213 Å². The third-order valence-corrected chi connectivity index (χ3v) is 8.71. The molecule has 1 aliphatic rings. The van der Waals surface area contributed by atoms with Crippen molar-refractivity contribution in [2.24, 2.45) is 0 Å². The third kappa shape index (κ3) is 4.56. The van der Waals surface area contributed by atoms with E-state index in [-0.39, 0.29) is 22.7 Å². The lowest BCUT2D eigenvalue weighted by Crippen LogP contribution is -2.55. The smallest absolute Gasteiger partial charge is 0.263 e. The number of benzene rings is 2. The number of thiazole rings is 1. The van der Waals surface area contributed by atoms with Gasteiger partial charge in [-0.15, -0.1) is 11.3 Å². The second-order valence-corrected chi connectivity index (χ2v) is 11.4. The minimum atomic E-state index is -3.71. The highest BCUT2D eigenvalue weighted by Gasteiger charge is 2.31. The predicted octanol–water partition coefficient (Wildman–Crippen LogP) is 4.34. The number of rotatable bonds is 6. The summed E-state index contributed by atoms with van der Waals surface area (Å²) >= 11 is 1.21.